The van der Waals surface area contributed by atoms with Crippen LogP contribution in [0.5, 0.6) is 5.88 Å². The highest BCUT2D eigenvalue weighted by atomic mass is 16.5. The second-order valence-corrected chi connectivity index (χ2v) is 6.94. The lowest BCUT2D eigenvalue weighted by Gasteiger charge is -2.53. The summed E-state index contributed by atoms with van der Waals surface area (Å²) in [4.78, 5) is 10.7. The van der Waals surface area contributed by atoms with Gasteiger partial charge >= 0.3 is 0 Å². The van der Waals surface area contributed by atoms with E-state index in [1.54, 1.807) is 18.6 Å². The summed E-state index contributed by atoms with van der Waals surface area (Å²) in [5.41, 5.74) is 2.64. The summed E-state index contributed by atoms with van der Waals surface area (Å²) in [5.74, 6) is 0.607. The van der Waals surface area contributed by atoms with Gasteiger partial charge in [0.05, 0.1) is 18.4 Å². The lowest BCUT2D eigenvalue weighted by molar-refractivity contribution is -0.188. The first kappa shape index (κ1) is 15.5. The van der Waals surface area contributed by atoms with Crippen molar-refractivity contribution >= 4 is 0 Å². The van der Waals surface area contributed by atoms with Gasteiger partial charge in [0.2, 0.25) is 5.88 Å². The largest absolute Gasteiger partial charge is 0.473 e. The molecule has 5 heteroatoms. The Bertz CT molecular complexity index is 686. The molecule has 2 fully saturated rings. The van der Waals surface area contributed by atoms with Crippen molar-refractivity contribution in [1.29, 1.82) is 0 Å². The minimum Gasteiger partial charge on any atom is -0.473 e. The van der Waals surface area contributed by atoms with Gasteiger partial charge in [0.15, 0.2) is 0 Å². The summed E-state index contributed by atoms with van der Waals surface area (Å²) in [6.45, 7) is 5.83. The average Bonchev–Trinajstić information content (AvgIpc) is 2.55. The molecule has 2 saturated heterocycles. The molecule has 5 nitrogen and oxygen atoms in total. The van der Waals surface area contributed by atoms with Crippen molar-refractivity contribution < 1.29 is 9.47 Å². The molecule has 0 saturated carbocycles. The van der Waals surface area contributed by atoms with E-state index in [0.29, 0.717) is 5.88 Å². The summed E-state index contributed by atoms with van der Waals surface area (Å²) in [6.07, 6.45) is 7.00. The van der Waals surface area contributed by atoms with Gasteiger partial charge in [-0.05, 0) is 12.5 Å². The van der Waals surface area contributed by atoms with Crippen molar-refractivity contribution in [3.8, 4) is 5.88 Å². The van der Waals surface area contributed by atoms with Gasteiger partial charge in [-0.3, -0.25) is 9.88 Å². The fourth-order valence-corrected chi connectivity index (χ4v) is 3.77. The fourth-order valence-electron chi connectivity index (χ4n) is 3.77. The minimum absolute atomic E-state index is 0.0467. The maximum Gasteiger partial charge on any atom is 0.232 e. The number of benzene rings is 1. The van der Waals surface area contributed by atoms with Crippen molar-refractivity contribution in [2.75, 3.05) is 19.7 Å². The number of hydrogen-bond donors (Lipinski definition) is 0. The van der Waals surface area contributed by atoms with E-state index >= 15 is 0 Å². The van der Waals surface area contributed by atoms with Crippen molar-refractivity contribution in [3.63, 3.8) is 0 Å². The van der Waals surface area contributed by atoms with Crippen LogP contribution in [0.25, 0.3) is 0 Å². The molecule has 0 unspecified atom stereocenters. The molecule has 0 radical (unpaired) electrons. The maximum atomic E-state index is 6.10. The van der Waals surface area contributed by atoms with Gasteiger partial charge in [-0.2, -0.15) is 0 Å². The van der Waals surface area contributed by atoms with E-state index in [1.807, 2.05) is 0 Å². The molecule has 4 rings (SSSR count). The average molecular weight is 325 g/mol. The van der Waals surface area contributed by atoms with Gasteiger partial charge in [0, 0.05) is 44.9 Å². The van der Waals surface area contributed by atoms with Crippen molar-refractivity contribution in [2.45, 2.75) is 38.0 Å². The fraction of sp³-hybridized carbons (Fsp3) is 0.474. The van der Waals surface area contributed by atoms with Crippen LogP contribution in [0.4, 0.5) is 0 Å². The second kappa shape index (κ2) is 6.49. The number of ether oxygens (including phenoxy) is 2. The molecule has 24 heavy (non-hydrogen) atoms. The number of rotatable bonds is 4. The zero-order valence-corrected chi connectivity index (χ0v) is 14.0. The first-order valence-corrected chi connectivity index (χ1v) is 8.55. The quantitative estimate of drug-likeness (QED) is 0.865. The molecule has 0 amide bonds. The lowest BCUT2D eigenvalue weighted by atomic mass is 9.84. The number of hydrogen-bond acceptors (Lipinski definition) is 5. The molecule has 0 aliphatic carbocycles. The smallest absolute Gasteiger partial charge is 0.232 e. The highest BCUT2D eigenvalue weighted by molar-refractivity contribution is 5.22. The number of aryl methyl sites for hydroxylation is 1. The first-order chi connectivity index (χ1) is 11.7. The first-order valence-electron chi connectivity index (χ1n) is 8.55. The topological polar surface area (TPSA) is 47.5 Å². The zero-order chi connectivity index (χ0) is 16.4. The second-order valence-electron chi connectivity index (χ2n) is 6.94. The van der Waals surface area contributed by atoms with Gasteiger partial charge in [0.25, 0.3) is 0 Å². The molecule has 1 spiro atoms. The molecular weight excluding hydrogens is 302 g/mol. The Morgan fingerprint density at radius 3 is 3.04 bits per heavy atom. The van der Waals surface area contributed by atoms with E-state index in [1.165, 1.54) is 11.1 Å². The van der Waals surface area contributed by atoms with Crippen LogP contribution in [0.2, 0.25) is 0 Å². The highest BCUT2D eigenvalue weighted by Crippen LogP contribution is 2.36. The maximum absolute atomic E-state index is 6.10. The van der Waals surface area contributed by atoms with Crippen LogP contribution in [-0.4, -0.2) is 46.3 Å². The van der Waals surface area contributed by atoms with Crippen LogP contribution in [0.3, 0.4) is 0 Å². The third kappa shape index (κ3) is 3.42. The minimum atomic E-state index is -0.0467. The molecule has 0 N–H and O–H groups in total. The molecule has 2 aliphatic rings. The summed E-state index contributed by atoms with van der Waals surface area (Å²) in [6, 6.07) is 8.72. The number of nitrogens with zero attached hydrogens (tertiary/aromatic N) is 3. The SMILES string of the molecule is Cc1cccc(CN2CC3(C[C@H](Oc4cnccn4)CCO3)C2)c1. The van der Waals surface area contributed by atoms with E-state index in [2.05, 4.69) is 46.1 Å². The lowest BCUT2D eigenvalue weighted by Crippen LogP contribution is -2.65. The Hall–Kier alpha value is -1.98. The van der Waals surface area contributed by atoms with E-state index < -0.39 is 0 Å². The summed E-state index contributed by atoms with van der Waals surface area (Å²) in [7, 11) is 0. The van der Waals surface area contributed by atoms with E-state index in [9.17, 15) is 0 Å². The Morgan fingerprint density at radius 2 is 2.25 bits per heavy atom. The van der Waals surface area contributed by atoms with Crippen molar-refractivity contribution in [2.24, 2.45) is 0 Å². The van der Waals surface area contributed by atoms with Gasteiger partial charge in [-0.1, -0.05) is 29.8 Å². The number of likely N-dealkylation sites (tertiary alicyclic amines) is 1. The summed E-state index contributed by atoms with van der Waals surface area (Å²) >= 11 is 0. The van der Waals surface area contributed by atoms with Gasteiger partial charge < -0.3 is 9.47 Å². The molecule has 1 aromatic heterocycles. The van der Waals surface area contributed by atoms with Gasteiger partial charge in [-0.15, -0.1) is 0 Å². The third-order valence-electron chi connectivity index (χ3n) is 4.79. The molecule has 3 heterocycles. The number of aromatic nitrogens is 2. The molecule has 1 aromatic carbocycles. The van der Waals surface area contributed by atoms with Crippen LogP contribution in [-0.2, 0) is 11.3 Å². The normalized spacial score (nSPS) is 23.0. The van der Waals surface area contributed by atoms with Crippen LogP contribution in [0.1, 0.15) is 24.0 Å². The van der Waals surface area contributed by atoms with E-state index in [4.69, 9.17) is 9.47 Å². The predicted octanol–water partition coefficient (Wildman–Crippen LogP) is 2.60. The van der Waals surface area contributed by atoms with Gasteiger partial charge in [0.1, 0.15) is 6.10 Å². The van der Waals surface area contributed by atoms with Crippen LogP contribution in [0.15, 0.2) is 42.9 Å². The van der Waals surface area contributed by atoms with E-state index in [-0.39, 0.29) is 11.7 Å². The molecule has 0 bridgehead atoms. The van der Waals surface area contributed by atoms with Crippen molar-refractivity contribution in [1.82, 2.24) is 14.9 Å². The Kier molecular flexibility index (Phi) is 4.21. The third-order valence-corrected chi connectivity index (χ3v) is 4.79. The molecule has 2 aromatic rings. The standard InChI is InChI=1S/C19H23N3O2/c1-15-3-2-4-16(9-15)12-22-13-19(14-22)10-17(5-8-23-19)24-18-11-20-6-7-21-18/h2-4,6-7,9,11,17H,5,8,10,12-14H2,1H3/t17-/m1/s1. The monoisotopic (exact) mass is 325 g/mol. The molecular formula is C19H23N3O2. The highest BCUT2D eigenvalue weighted by Gasteiger charge is 2.48. The molecule has 126 valence electrons. The Balaban J connectivity index is 1.32. The van der Waals surface area contributed by atoms with Crippen LogP contribution < -0.4 is 4.74 Å². The van der Waals surface area contributed by atoms with Crippen LogP contribution in [0, 0.1) is 6.92 Å². The Labute approximate surface area is 142 Å². The zero-order valence-electron chi connectivity index (χ0n) is 14.0. The van der Waals surface area contributed by atoms with Gasteiger partial charge in [-0.25, -0.2) is 4.98 Å². The summed E-state index contributed by atoms with van der Waals surface area (Å²) < 4.78 is 12.1. The van der Waals surface area contributed by atoms with Crippen LogP contribution >= 0.6 is 0 Å². The van der Waals surface area contributed by atoms with Crippen molar-refractivity contribution in [3.05, 3.63) is 54.0 Å². The predicted molar refractivity (Wildman–Crippen MR) is 90.8 cm³/mol. The molecule has 2 aliphatic heterocycles. The van der Waals surface area contributed by atoms with E-state index in [0.717, 1.165) is 39.1 Å². The summed E-state index contributed by atoms with van der Waals surface area (Å²) in [5, 5.41) is 0. The molecule has 1 atom stereocenters. The Morgan fingerprint density at radius 1 is 1.33 bits per heavy atom.